The summed E-state index contributed by atoms with van der Waals surface area (Å²) in [6, 6.07) is 11.0. The maximum Gasteiger partial charge on any atom is 0.257 e. The van der Waals surface area contributed by atoms with Crippen LogP contribution in [0.25, 0.3) is 0 Å². The van der Waals surface area contributed by atoms with Gasteiger partial charge in [0.2, 0.25) is 5.13 Å². The van der Waals surface area contributed by atoms with Gasteiger partial charge in [0.15, 0.2) is 4.34 Å². The second-order valence-electron chi connectivity index (χ2n) is 6.15. The van der Waals surface area contributed by atoms with E-state index in [2.05, 4.69) is 22.4 Å². The number of hydrogen-bond acceptors (Lipinski definition) is 5. The number of rotatable bonds is 8. The molecule has 8 heteroatoms. The molecule has 146 valence electrons. The molecule has 1 amide bonds. The number of carbonyl (C=O) groups is 1. The summed E-state index contributed by atoms with van der Waals surface area (Å²) in [6.07, 6.45) is 3.26. The number of hydrogen-bond donors (Lipinski definition) is 1. The highest BCUT2D eigenvalue weighted by Crippen LogP contribution is 2.29. The summed E-state index contributed by atoms with van der Waals surface area (Å²) in [4.78, 5) is 12.3. The lowest BCUT2D eigenvalue weighted by Gasteiger charge is -2.03. The summed E-state index contributed by atoms with van der Waals surface area (Å²) in [5.74, 6) is -1.15. The van der Waals surface area contributed by atoms with Crippen molar-refractivity contribution in [3.8, 4) is 0 Å². The van der Waals surface area contributed by atoms with E-state index in [0.29, 0.717) is 26.4 Å². The number of aromatic nitrogens is 2. The van der Waals surface area contributed by atoms with Gasteiger partial charge in [0, 0.05) is 17.4 Å². The van der Waals surface area contributed by atoms with Crippen molar-refractivity contribution in [1.29, 1.82) is 0 Å². The van der Waals surface area contributed by atoms with Gasteiger partial charge < -0.3 is 0 Å². The zero-order valence-corrected chi connectivity index (χ0v) is 16.9. The number of aryl methyl sites for hydroxylation is 1. The summed E-state index contributed by atoms with van der Waals surface area (Å²) in [5, 5.41) is 11.0. The zero-order valence-electron chi connectivity index (χ0n) is 15.2. The van der Waals surface area contributed by atoms with Crippen LogP contribution in [0.5, 0.6) is 0 Å². The number of thioether (sulfide) groups is 1. The Morgan fingerprint density at radius 2 is 1.93 bits per heavy atom. The van der Waals surface area contributed by atoms with E-state index in [1.807, 2.05) is 12.1 Å². The normalized spacial score (nSPS) is 10.8. The van der Waals surface area contributed by atoms with Gasteiger partial charge in [-0.05, 0) is 42.2 Å². The van der Waals surface area contributed by atoms with Crippen LogP contribution in [0.1, 0.15) is 41.3 Å². The molecule has 0 saturated heterocycles. The molecule has 0 atom stereocenters. The summed E-state index contributed by atoms with van der Waals surface area (Å²) < 4.78 is 27.2. The fourth-order valence-electron chi connectivity index (χ4n) is 2.47. The fraction of sp³-hybridized carbons (Fsp3) is 0.250. The van der Waals surface area contributed by atoms with Crippen LogP contribution >= 0.6 is 23.1 Å². The van der Waals surface area contributed by atoms with Crippen molar-refractivity contribution < 1.29 is 13.6 Å². The zero-order chi connectivity index (χ0) is 19.9. The van der Waals surface area contributed by atoms with Crippen LogP contribution in [0.3, 0.4) is 0 Å². The predicted octanol–water partition coefficient (Wildman–Crippen LogP) is 5.70. The van der Waals surface area contributed by atoms with Crippen molar-refractivity contribution >= 4 is 34.1 Å². The topological polar surface area (TPSA) is 54.9 Å². The second-order valence-corrected chi connectivity index (χ2v) is 8.35. The molecule has 3 rings (SSSR count). The average molecular weight is 420 g/mol. The molecule has 28 heavy (non-hydrogen) atoms. The molecular formula is C20H19F2N3OS2. The SMILES string of the molecule is CCCCc1ccc(C(=O)Nc2nnc(SCc3ccc(F)cc3F)s2)cc1. The third-order valence-electron chi connectivity index (χ3n) is 4.03. The first-order chi connectivity index (χ1) is 13.5. The Labute approximate surface area is 170 Å². The summed E-state index contributed by atoms with van der Waals surface area (Å²) in [5.41, 5.74) is 2.15. The van der Waals surface area contributed by atoms with E-state index >= 15 is 0 Å². The average Bonchev–Trinajstić information content (AvgIpc) is 3.13. The van der Waals surface area contributed by atoms with E-state index in [9.17, 15) is 13.6 Å². The van der Waals surface area contributed by atoms with E-state index in [1.54, 1.807) is 12.1 Å². The van der Waals surface area contributed by atoms with E-state index in [0.717, 1.165) is 25.3 Å². The number of benzene rings is 2. The maximum absolute atomic E-state index is 13.7. The lowest BCUT2D eigenvalue weighted by atomic mass is 10.1. The fourth-order valence-corrected chi connectivity index (χ4v) is 4.20. The van der Waals surface area contributed by atoms with Gasteiger partial charge in [-0.25, -0.2) is 8.78 Å². The molecule has 3 aromatic rings. The van der Waals surface area contributed by atoms with Crippen molar-refractivity contribution in [2.75, 3.05) is 5.32 Å². The van der Waals surface area contributed by atoms with Crippen LogP contribution in [-0.2, 0) is 12.2 Å². The molecule has 0 aliphatic heterocycles. The largest absolute Gasteiger partial charge is 0.296 e. The minimum Gasteiger partial charge on any atom is -0.296 e. The summed E-state index contributed by atoms with van der Waals surface area (Å²) in [7, 11) is 0. The Bertz CT molecular complexity index is 945. The Morgan fingerprint density at radius 3 is 2.64 bits per heavy atom. The molecule has 0 radical (unpaired) electrons. The number of nitrogens with zero attached hydrogens (tertiary/aromatic N) is 2. The van der Waals surface area contributed by atoms with E-state index < -0.39 is 11.6 Å². The first-order valence-corrected chi connectivity index (χ1v) is 10.7. The van der Waals surface area contributed by atoms with E-state index in [1.165, 1.54) is 40.8 Å². The number of anilines is 1. The monoisotopic (exact) mass is 419 g/mol. The molecule has 0 bridgehead atoms. The van der Waals surface area contributed by atoms with Crippen LogP contribution in [-0.4, -0.2) is 16.1 Å². The van der Waals surface area contributed by atoms with E-state index in [4.69, 9.17) is 0 Å². The quantitative estimate of drug-likeness (QED) is 0.376. The third-order valence-corrected chi connectivity index (χ3v) is 6.05. The highest BCUT2D eigenvalue weighted by Gasteiger charge is 2.12. The van der Waals surface area contributed by atoms with Crippen LogP contribution in [0.4, 0.5) is 13.9 Å². The van der Waals surface area contributed by atoms with Crippen molar-refractivity contribution in [2.45, 2.75) is 36.3 Å². The number of amides is 1. The van der Waals surface area contributed by atoms with Gasteiger partial charge in [-0.15, -0.1) is 10.2 Å². The molecule has 0 aliphatic rings. The molecular weight excluding hydrogens is 400 g/mol. The molecule has 2 aromatic carbocycles. The van der Waals surface area contributed by atoms with Gasteiger partial charge in [-0.2, -0.15) is 0 Å². The molecule has 1 aromatic heterocycles. The Balaban J connectivity index is 1.55. The highest BCUT2D eigenvalue weighted by molar-refractivity contribution is 8.00. The van der Waals surface area contributed by atoms with Crippen molar-refractivity contribution in [3.05, 3.63) is 70.8 Å². The molecule has 1 N–H and O–H groups in total. The molecule has 0 fully saturated rings. The standard InChI is InChI=1S/C20H19F2N3OS2/c1-2-3-4-13-5-7-14(8-6-13)18(26)23-19-24-25-20(28-19)27-12-15-9-10-16(21)11-17(15)22/h5-11H,2-4,12H2,1H3,(H,23,24,26). The lowest BCUT2D eigenvalue weighted by Crippen LogP contribution is -2.11. The summed E-state index contributed by atoms with van der Waals surface area (Å²) in [6.45, 7) is 2.15. The first kappa shape index (κ1) is 20.4. The maximum atomic E-state index is 13.7. The Hall–Kier alpha value is -2.32. The minimum atomic E-state index is -0.606. The Morgan fingerprint density at radius 1 is 1.14 bits per heavy atom. The van der Waals surface area contributed by atoms with Crippen molar-refractivity contribution in [1.82, 2.24) is 10.2 Å². The predicted molar refractivity (Wildman–Crippen MR) is 109 cm³/mol. The van der Waals surface area contributed by atoms with Gasteiger partial charge in [-0.1, -0.05) is 54.6 Å². The molecule has 0 saturated carbocycles. The smallest absolute Gasteiger partial charge is 0.257 e. The van der Waals surface area contributed by atoms with Gasteiger partial charge in [0.25, 0.3) is 5.91 Å². The van der Waals surface area contributed by atoms with Crippen LogP contribution in [0.2, 0.25) is 0 Å². The van der Waals surface area contributed by atoms with E-state index in [-0.39, 0.29) is 5.91 Å². The van der Waals surface area contributed by atoms with Gasteiger partial charge in [0.1, 0.15) is 11.6 Å². The number of halogens is 2. The first-order valence-electron chi connectivity index (χ1n) is 8.85. The third kappa shape index (κ3) is 5.59. The molecule has 0 aliphatic carbocycles. The van der Waals surface area contributed by atoms with Gasteiger partial charge in [-0.3, -0.25) is 10.1 Å². The lowest BCUT2D eigenvalue weighted by molar-refractivity contribution is 0.102. The van der Waals surface area contributed by atoms with Crippen LogP contribution in [0, 0.1) is 11.6 Å². The molecule has 0 unspecified atom stereocenters. The van der Waals surface area contributed by atoms with Gasteiger partial charge in [0.05, 0.1) is 0 Å². The molecule has 1 heterocycles. The van der Waals surface area contributed by atoms with Gasteiger partial charge >= 0.3 is 0 Å². The highest BCUT2D eigenvalue weighted by atomic mass is 32.2. The molecule has 0 spiro atoms. The van der Waals surface area contributed by atoms with Crippen LogP contribution < -0.4 is 5.32 Å². The molecule has 4 nitrogen and oxygen atoms in total. The number of carbonyl (C=O) groups excluding carboxylic acids is 1. The number of nitrogens with one attached hydrogen (secondary N) is 1. The Kier molecular flexibility index (Phi) is 7.11. The van der Waals surface area contributed by atoms with Crippen molar-refractivity contribution in [2.24, 2.45) is 0 Å². The van der Waals surface area contributed by atoms with Crippen LogP contribution in [0.15, 0.2) is 46.8 Å². The number of unbranched alkanes of at least 4 members (excludes halogenated alkanes) is 1. The summed E-state index contributed by atoms with van der Waals surface area (Å²) >= 11 is 2.49. The minimum absolute atomic E-state index is 0.251. The second kappa shape index (κ2) is 9.75. The van der Waals surface area contributed by atoms with Crippen molar-refractivity contribution in [3.63, 3.8) is 0 Å².